The van der Waals surface area contributed by atoms with Gasteiger partial charge in [0.1, 0.15) is 0 Å². The van der Waals surface area contributed by atoms with Gasteiger partial charge in [-0.25, -0.2) is 0 Å². The highest BCUT2D eigenvalue weighted by Crippen LogP contribution is 2.44. The Kier molecular flexibility index (Phi) is 3.80. The first-order valence-electron chi connectivity index (χ1n) is 6.79. The maximum absolute atomic E-state index is 12.7. The van der Waals surface area contributed by atoms with E-state index in [1.165, 1.54) is 0 Å². The van der Waals surface area contributed by atoms with Crippen molar-refractivity contribution < 1.29 is 9.59 Å². The first kappa shape index (κ1) is 14.2. The summed E-state index contributed by atoms with van der Waals surface area (Å²) in [6.45, 7) is 2.40. The minimum absolute atomic E-state index is 0.00954. The molecule has 2 unspecified atom stereocenters. The lowest BCUT2D eigenvalue weighted by Crippen LogP contribution is -2.59. The van der Waals surface area contributed by atoms with Crippen molar-refractivity contribution in [3.05, 3.63) is 0 Å². The fourth-order valence-corrected chi connectivity index (χ4v) is 3.28. The average molecular weight is 283 g/mol. The summed E-state index contributed by atoms with van der Waals surface area (Å²) in [5.74, 6) is -0.587. The van der Waals surface area contributed by atoms with Crippen LogP contribution in [0.15, 0.2) is 0 Å². The molecule has 0 aromatic rings. The van der Waals surface area contributed by atoms with Crippen LogP contribution in [0.3, 0.4) is 0 Å². The quantitative estimate of drug-likeness (QED) is 0.740. The maximum atomic E-state index is 12.7. The highest BCUT2D eigenvalue weighted by Gasteiger charge is 2.50. The molecular formula is C13H21N3O2S. The van der Waals surface area contributed by atoms with Crippen LogP contribution in [0.1, 0.15) is 39.0 Å². The lowest BCUT2D eigenvalue weighted by molar-refractivity contribution is -0.147. The molecule has 1 heterocycles. The highest BCUT2D eigenvalue weighted by molar-refractivity contribution is 7.80. The summed E-state index contributed by atoms with van der Waals surface area (Å²) < 4.78 is 0. The Bertz CT molecular complexity index is 420. The van der Waals surface area contributed by atoms with Crippen LogP contribution in [-0.4, -0.2) is 34.3 Å². The number of rotatable bonds is 3. The smallest absolute Gasteiger partial charge is 0.235 e. The molecule has 1 saturated carbocycles. The molecule has 6 heteroatoms. The van der Waals surface area contributed by atoms with Gasteiger partial charge >= 0.3 is 0 Å². The van der Waals surface area contributed by atoms with Crippen LogP contribution in [0.5, 0.6) is 0 Å². The van der Waals surface area contributed by atoms with Crippen molar-refractivity contribution in [2.75, 3.05) is 6.54 Å². The van der Waals surface area contributed by atoms with Gasteiger partial charge in [0.05, 0.1) is 16.3 Å². The zero-order valence-corrected chi connectivity index (χ0v) is 12.0. The second-order valence-corrected chi connectivity index (χ2v) is 6.22. The predicted molar refractivity (Wildman–Crippen MR) is 76.2 cm³/mol. The molecule has 2 rings (SSSR count). The molecule has 0 aromatic heterocycles. The van der Waals surface area contributed by atoms with Gasteiger partial charge in [0.25, 0.3) is 0 Å². The van der Waals surface area contributed by atoms with Crippen molar-refractivity contribution >= 4 is 29.0 Å². The van der Waals surface area contributed by atoms with Crippen LogP contribution in [0, 0.1) is 11.3 Å². The zero-order valence-electron chi connectivity index (χ0n) is 11.2. The lowest BCUT2D eigenvalue weighted by Gasteiger charge is -2.46. The molecule has 0 bridgehead atoms. The largest absolute Gasteiger partial charge is 0.392 e. The topological polar surface area (TPSA) is 89.4 Å². The Morgan fingerprint density at radius 2 is 1.89 bits per heavy atom. The maximum Gasteiger partial charge on any atom is 0.235 e. The van der Waals surface area contributed by atoms with Crippen LogP contribution in [-0.2, 0) is 9.59 Å². The number of carbonyl (C=O) groups excluding carboxylic acids is 2. The summed E-state index contributed by atoms with van der Waals surface area (Å²) >= 11 is 5.08. The number of primary amides is 1. The van der Waals surface area contributed by atoms with E-state index in [0.717, 1.165) is 32.1 Å². The van der Waals surface area contributed by atoms with Crippen molar-refractivity contribution in [1.29, 1.82) is 0 Å². The molecule has 1 aliphatic heterocycles. The van der Waals surface area contributed by atoms with E-state index >= 15 is 0 Å². The molecule has 0 radical (unpaired) electrons. The third-order valence-electron chi connectivity index (χ3n) is 4.63. The Balaban J connectivity index is 2.17. The minimum atomic E-state index is -0.664. The molecular weight excluding hydrogens is 262 g/mol. The fraction of sp³-hybridized carbons (Fsp3) is 0.769. The van der Waals surface area contributed by atoms with Crippen LogP contribution in [0.4, 0.5) is 0 Å². The first-order chi connectivity index (χ1) is 8.88. The molecule has 0 aromatic carbocycles. The molecule has 1 aliphatic carbocycles. The van der Waals surface area contributed by atoms with E-state index in [4.69, 9.17) is 23.7 Å². The lowest BCUT2D eigenvalue weighted by atomic mass is 9.67. The Hall–Kier alpha value is -1.17. The summed E-state index contributed by atoms with van der Waals surface area (Å²) in [4.78, 5) is 26.1. The van der Waals surface area contributed by atoms with Gasteiger partial charge in [0.15, 0.2) is 0 Å². The standard InChI is InChI=1S/C13H21N3O2S/c1-8-3-4-9(10(14)17)7-16(8)12(18)13(11(15)19)5-2-6-13/h8-9H,2-7H2,1H3,(H2,14,17)(H2,15,19). The monoisotopic (exact) mass is 283 g/mol. The van der Waals surface area contributed by atoms with Gasteiger partial charge in [0.2, 0.25) is 11.8 Å². The molecule has 5 nitrogen and oxygen atoms in total. The van der Waals surface area contributed by atoms with E-state index in [1.54, 1.807) is 4.90 Å². The van der Waals surface area contributed by atoms with Crippen molar-refractivity contribution in [2.45, 2.75) is 45.1 Å². The molecule has 2 aliphatic rings. The van der Waals surface area contributed by atoms with Gasteiger partial charge in [-0.2, -0.15) is 0 Å². The Labute approximate surface area is 118 Å². The summed E-state index contributed by atoms with van der Waals surface area (Å²) in [5, 5.41) is 0. The number of thiocarbonyl (C=S) groups is 1. The second-order valence-electron chi connectivity index (χ2n) is 5.78. The van der Waals surface area contributed by atoms with E-state index in [0.29, 0.717) is 6.54 Å². The normalized spacial score (nSPS) is 29.4. The molecule has 4 N–H and O–H groups in total. The summed E-state index contributed by atoms with van der Waals surface area (Å²) in [6, 6.07) is 0.120. The third kappa shape index (κ3) is 2.33. The summed E-state index contributed by atoms with van der Waals surface area (Å²) in [6.07, 6.45) is 3.98. The van der Waals surface area contributed by atoms with E-state index < -0.39 is 5.41 Å². The van der Waals surface area contributed by atoms with Gasteiger partial charge in [-0.3, -0.25) is 9.59 Å². The molecule has 2 fully saturated rings. The molecule has 106 valence electrons. The van der Waals surface area contributed by atoms with Gasteiger partial charge in [-0.05, 0) is 32.6 Å². The number of hydrogen-bond acceptors (Lipinski definition) is 3. The summed E-state index contributed by atoms with van der Waals surface area (Å²) in [7, 11) is 0. The Morgan fingerprint density at radius 3 is 2.32 bits per heavy atom. The third-order valence-corrected chi connectivity index (χ3v) is 5.02. The number of amides is 2. The van der Waals surface area contributed by atoms with E-state index in [-0.39, 0.29) is 28.8 Å². The molecule has 2 amide bonds. The van der Waals surface area contributed by atoms with Gasteiger partial charge < -0.3 is 16.4 Å². The van der Waals surface area contributed by atoms with Crippen molar-refractivity contribution in [3.8, 4) is 0 Å². The number of nitrogens with zero attached hydrogens (tertiary/aromatic N) is 1. The summed E-state index contributed by atoms with van der Waals surface area (Å²) in [5.41, 5.74) is 10.5. The van der Waals surface area contributed by atoms with Crippen LogP contribution in [0.2, 0.25) is 0 Å². The molecule has 0 spiro atoms. The van der Waals surface area contributed by atoms with Crippen LogP contribution >= 0.6 is 12.2 Å². The van der Waals surface area contributed by atoms with Gasteiger partial charge in [0, 0.05) is 12.6 Å². The minimum Gasteiger partial charge on any atom is -0.392 e. The van der Waals surface area contributed by atoms with E-state index in [1.807, 2.05) is 6.92 Å². The Morgan fingerprint density at radius 1 is 1.26 bits per heavy atom. The number of carbonyl (C=O) groups is 2. The number of nitrogens with two attached hydrogens (primary N) is 2. The van der Waals surface area contributed by atoms with Crippen molar-refractivity contribution in [3.63, 3.8) is 0 Å². The van der Waals surface area contributed by atoms with Gasteiger partial charge in [-0.15, -0.1) is 0 Å². The number of piperidine rings is 1. The first-order valence-corrected chi connectivity index (χ1v) is 7.19. The van der Waals surface area contributed by atoms with Crippen LogP contribution in [0.25, 0.3) is 0 Å². The van der Waals surface area contributed by atoms with Crippen LogP contribution < -0.4 is 11.5 Å². The van der Waals surface area contributed by atoms with Crippen molar-refractivity contribution in [1.82, 2.24) is 4.90 Å². The van der Waals surface area contributed by atoms with Gasteiger partial charge in [-0.1, -0.05) is 18.6 Å². The van der Waals surface area contributed by atoms with E-state index in [2.05, 4.69) is 0 Å². The second kappa shape index (κ2) is 5.07. The zero-order chi connectivity index (χ0) is 14.2. The molecule has 2 atom stereocenters. The SMILES string of the molecule is CC1CCC(C(N)=O)CN1C(=O)C1(C(N)=S)CCC1. The predicted octanol–water partition coefficient (Wildman–Crippen LogP) is 0.555. The van der Waals surface area contributed by atoms with Crippen molar-refractivity contribution in [2.24, 2.45) is 22.8 Å². The number of hydrogen-bond donors (Lipinski definition) is 2. The fourth-order valence-electron chi connectivity index (χ4n) is 2.99. The highest BCUT2D eigenvalue weighted by atomic mass is 32.1. The molecule has 1 saturated heterocycles. The number of likely N-dealkylation sites (tertiary alicyclic amines) is 1. The molecule has 19 heavy (non-hydrogen) atoms. The van der Waals surface area contributed by atoms with E-state index in [9.17, 15) is 9.59 Å². The average Bonchev–Trinajstić information content (AvgIpc) is 2.26.